The van der Waals surface area contributed by atoms with Crippen molar-refractivity contribution < 1.29 is 0 Å². The maximum absolute atomic E-state index is 5.72. The van der Waals surface area contributed by atoms with Crippen molar-refractivity contribution in [2.45, 2.75) is 25.8 Å². The lowest BCUT2D eigenvalue weighted by Gasteiger charge is -2.07. The number of alkyl halides is 1. The third kappa shape index (κ3) is 6.31. The predicted molar refractivity (Wildman–Crippen MR) is 50.9 cm³/mol. The van der Waals surface area contributed by atoms with Gasteiger partial charge in [0.1, 0.15) is 0 Å². The molecular formula is C7H14IN. The first-order valence-corrected chi connectivity index (χ1v) is 4.65. The molecule has 0 amide bonds. The molecule has 0 radical (unpaired) electrons. The largest absolute Gasteiger partial charge is 0.327 e. The Kier molecular flexibility index (Phi) is 5.48. The van der Waals surface area contributed by atoms with Gasteiger partial charge in [-0.25, -0.2) is 0 Å². The SMILES string of the molecule is C=C(C)CC(N)CCI. The van der Waals surface area contributed by atoms with E-state index >= 15 is 0 Å². The zero-order chi connectivity index (χ0) is 7.28. The molecule has 0 aliphatic carbocycles. The molecule has 1 nitrogen and oxygen atoms in total. The molecule has 0 saturated carbocycles. The van der Waals surface area contributed by atoms with E-state index < -0.39 is 0 Å². The molecule has 54 valence electrons. The summed E-state index contributed by atoms with van der Waals surface area (Å²) in [5.41, 5.74) is 6.91. The molecule has 1 unspecified atom stereocenters. The minimum atomic E-state index is 0.333. The minimum absolute atomic E-state index is 0.333. The zero-order valence-corrected chi connectivity index (χ0v) is 8.02. The molecule has 0 aliphatic rings. The van der Waals surface area contributed by atoms with Crippen molar-refractivity contribution >= 4 is 22.6 Å². The van der Waals surface area contributed by atoms with Crippen LogP contribution in [0.1, 0.15) is 19.8 Å². The van der Waals surface area contributed by atoms with Crippen molar-refractivity contribution in [2.75, 3.05) is 4.43 Å². The van der Waals surface area contributed by atoms with E-state index in [4.69, 9.17) is 5.73 Å². The highest BCUT2D eigenvalue weighted by molar-refractivity contribution is 14.1. The Bertz CT molecular complexity index is 90.9. The lowest BCUT2D eigenvalue weighted by Crippen LogP contribution is -2.20. The highest BCUT2D eigenvalue weighted by Gasteiger charge is 1.99. The molecule has 2 N–H and O–H groups in total. The lowest BCUT2D eigenvalue weighted by molar-refractivity contribution is 0.653. The molecule has 0 aromatic rings. The van der Waals surface area contributed by atoms with Gasteiger partial charge in [-0.1, -0.05) is 28.2 Å². The number of hydrogen-bond donors (Lipinski definition) is 1. The van der Waals surface area contributed by atoms with Gasteiger partial charge in [-0.15, -0.1) is 6.58 Å². The lowest BCUT2D eigenvalue weighted by atomic mass is 10.1. The van der Waals surface area contributed by atoms with Gasteiger partial charge in [-0.3, -0.25) is 0 Å². The van der Waals surface area contributed by atoms with Crippen LogP contribution in [0.4, 0.5) is 0 Å². The summed E-state index contributed by atoms with van der Waals surface area (Å²) in [6.45, 7) is 5.82. The van der Waals surface area contributed by atoms with Crippen LogP contribution in [0.25, 0.3) is 0 Å². The van der Waals surface area contributed by atoms with Crippen LogP contribution >= 0.6 is 22.6 Å². The van der Waals surface area contributed by atoms with Crippen LogP contribution in [0.15, 0.2) is 12.2 Å². The Balaban J connectivity index is 3.26. The fraction of sp³-hybridized carbons (Fsp3) is 0.714. The van der Waals surface area contributed by atoms with Gasteiger partial charge in [-0.05, 0) is 19.8 Å². The van der Waals surface area contributed by atoms with Gasteiger partial charge in [0.2, 0.25) is 0 Å². The molecule has 1 atom stereocenters. The fourth-order valence-electron chi connectivity index (χ4n) is 0.690. The first-order chi connectivity index (χ1) is 4.16. The van der Waals surface area contributed by atoms with E-state index in [0.29, 0.717) is 6.04 Å². The van der Waals surface area contributed by atoms with E-state index in [-0.39, 0.29) is 0 Å². The highest BCUT2D eigenvalue weighted by atomic mass is 127. The van der Waals surface area contributed by atoms with Crippen LogP contribution in [0, 0.1) is 0 Å². The topological polar surface area (TPSA) is 26.0 Å². The molecule has 0 aliphatic heterocycles. The summed E-state index contributed by atoms with van der Waals surface area (Å²) in [7, 11) is 0. The van der Waals surface area contributed by atoms with Crippen LogP contribution in [-0.2, 0) is 0 Å². The van der Waals surface area contributed by atoms with E-state index in [1.165, 1.54) is 5.57 Å². The van der Waals surface area contributed by atoms with Crippen molar-refractivity contribution in [3.8, 4) is 0 Å². The average Bonchev–Trinajstić information content (AvgIpc) is 1.63. The second-order valence-electron chi connectivity index (χ2n) is 2.40. The van der Waals surface area contributed by atoms with E-state index in [1.54, 1.807) is 0 Å². The maximum atomic E-state index is 5.72. The van der Waals surface area contributed by atoms with Crippen LogP contribution in [0.2, 0.25) is 0 Å². The predicted octanol–water partition coefficient (Wildman–Crippen LogP) is 2.10. The van der Waals surface area contributed by atoms with Crippen LogP contribution in [0.5, 0.6) is 0 Å². The Labute approximate surface area is 70.8 Å². The summed E-state index contributed by atoms with van der Waals surface area (Å²) in [6.07, 6.45) is 2.08. The second kappa shape index (κ2) is 5.23. The summed E-state index contributed by atoms with van der Waals surface area (Å²) in [5.74, 6) is 0. The minimum Gasteiger partial charge on any atom is -0.327 e. The molecule has 2 heteroatoms. The molecule has 0 aromatic heterocycles. The van der Waals surface area contributed by atoms with Crippen molar-refractivity contribution in [3.05, 3.63) is 12.2 Å². The maximum Gasteiger partial charge on any atom is 0.00831 e. The van der Waals surface area contributed by atoms with E-state index in [1.807, 2.05) is 6.92 Å². The molecule has 0 fully saturated rings. The number of rotatable bonds is 4. The number of halogens is 1. The summed E-state index contributed by atoms with van der Waals surface area (Å²) in [6, 6.07) is 0.333. The van der Waals surface area contributed by atoms with Gasteiger partial charge in [0.25, 0.3) is 0 Å². The van der Waals surface area contributed by atoms with Crippen LogP contribution in [-0.4, -0.2) is 10.5 Å². The summed E-state index contributed by atoms with van der Waals surface area (Å²) in [5, 5.41) is 0. The molecule has 0 heterocycles. The van der Waals surface area contributed by atoms with Gasteiger partial charge in [-0.2, -0.15) is 0 Å². The smallest absolute Gasteiger partial charge is 0.00831 e. The van der Waals surface area contributed by atoms with Gasteiger partial charge >= 0.3 is 0 Å². The van der Waals surface area contributed by atoms with Gasteiger partial charge in [0.05, 0.1) is 0 Å². The first kappa shape index (κ1) is 9.43. The van der Waals surface area contributed by atoms with Gasteiger partial charge in [0.15, 0.2) is 0 Å². The second-order valence-corrected chi connectivity index (χ2v) is 3.48. The Morgan fingerprint density at radius 2 is 2.33 bits per heavy atom. The van der Waals surface area contributed by atoms with Crippen molar-refractivity contribution in [1.29, 1.82) is 0 Å². The molecule has 9 heavy (non-hydrogen) atoms. The quantitative estimate of drug-likeness (QED) is 0.454. The van der Waals surface area contributed by atoms with Crippen molar-refractivity contribution in [1.82, 2.24) is 0 Å². The van der Waals surface area contributed by atoms with Crippen molar-refractivity contribution in [2.24, 2.45) is 5.73 Å². The van der Waals surface area contributed by atoms with Gasteiger partial charge in [0, 0.05) is 10.5 Å². The molecule has 0 aromatic carbocycles. The number of hydrogen-bond acceptors (Lipinski definition) is 1. The third-order valence-corrected chi connectivity index (χ3v) is 1.71. The molecule has 0 rings (SSSR count). The standard InChI is InChI=1S/C7H14IN/c1-6(2)5-7(9)3-4-8/h7H,1,3-5,9H2,2H3. The summed E-state index contributed by atoms with van der Waals surface area (Å²) < 4.78 is 1.15. The third-order valence-electron chi connectivity index (χ3n) is 1.09. The zero-order valence-electron chi connectivity index (χ0n) is 5.86. The summed E-state index contributed by atoms with van der Waals surface area (Å²) in [4.78, 5) is 0. The molecule has 0 bridgehead atoms. The molecule has 0 saturated heterocycles. The monoisotopic (exact) mass is 239 g/mol. The Morgan fingerprint density at radius 3 is 2.67 bits per heavy atom. The van der Waals surface area contributed by atoms with Crippen LogP contribution < -0.4 is 5.73 Å². The number of nitrogens with two attached hydrogens (primary N) is 1. The fourth-order valence-corrected chi connectivity index (χ4v) is 1.49. The average molecular weight is 239 g/mol. The highest BCUT2D eigenvalue weighted by Crippen LogP contribution is 2.04. The van der Waals surface area contributed by atoms with E-state index in [0.717, 1.165) is 17.3 Å². The van der Waals surface area contributed by atoms with Crippen LogP contribution in [0.3, 0.4) is 0 Å². The van der Waals surface area contributed by atoms with Gasteiger partial charge < -0.3 is 5.73 Å². The van der Waals surface area contributed by atoms with Crippen molar-refractivity contribution in [3.63, 3.8) is 0 Å². The first-order valence-electron chi connectivity index (χ1n) is 3.12. The molecular weight excluding hydrogens is 225 g/mol. The summed E-state index contributed by atoms with van der Waals surface area (Å²) >= 11 is 2.34. The molecule has 0 spiro atoms. The normalized spacial score (nSPS) is 13.2. The Hall–Kier alpha value is 0.430. The van der Waals surface area contributed by atoms with E-state index in [9.17, 15) is 0 Å². The van der Waals surface area contributed by atoms with E-state index in [2.05, 4.69) is 29.2 Å². The Morgan fingerprint density at radius 1 is 1.78 bits per heavy atom.